The second-order valence-electron chi connectivity index (χ2n) is 2.45. The van der Waals surface area contributed by atoms with Crippen LogP contribution in [0.1, 0.15) is 15.9 Å². The highest BCUT2D eigenvalue weighted by molar-refractivity contribution is 9.10. The number of benzene rings is 1. The van der Waals surface area contributed by atoms with E-state index < -0.39 is 11.7 Å². The van der Waals surface area contributed by atoms with E-state index in [1.165, 1.54) is 12.1 Å². The van der Waals surface area contributed by atoms with Crippen LogP contribution in [0.4, 0.5) is 4.39 Å². The zero-order valence-electron chi connectivity index (χ0n) is 6.40. The van der Waals surface area contributed by atoms with Crippen LogP contribution in [0.3, 0.4) is 0 Å². The predicted octanol–water partition coefficient (Wildman–Crippen LogP) is 2.00. The van der Waals surface area contributed by atoms with Crippen molar-refractivity contribution in [3.8, 4) is 0 Å². The lowest BCUT2D eigenvalue weighted by Crippen LogP contribution is -2.13. The van der Waals surface area contributed by atoms with E-state index in [2.05, 4.69) is 15.9 Å². The lowest BCUT2D eigenvalue weighted by Gasteiger charge is -2.01. The van der Waals surface area contributed by atoms with Gasteiger partial charge in [-0.05, 0) is 24.6 Å². The Balaban J connectivity index is 3.33. The first kappa shape index (κ1) is 9.19. The molecule has 0 aromatic heterocycles. The van der Waals surface area contributed by atoms with Crippen molar-refractivity contribution >= 4 is 21.8 Å². The fraction of sp³-hybridized carbons (Fsp3) is 0.125. The van der Waals surface area contributed by atoms with E-state index in [9.17, 15) is 9.18 Å². The van der Waals surface area contributed by atoms with E-state index in [1.807, 2.05) is 0 Å². The first-order valence-corrected chi connectivity index (χ1v) is 4.07. The first-order valence-electron chi connectivity index (χ1n) is 3.28. The summed E-state index contributed by atoms with van der Waals surface area (Å²) in [5.74, 6) is -1.34. The van der Waals surface area contributed by atoms with Crippen LogP contribution in [-0.2, 0) is 0 Å². The number of rotatable bonds is 1. The van der Waals surface area contributed by atoms with Gasteiger partial charge in [0.15, 0.2) is 0 Å². The smallest absolute Gasteiger partial charge is 0.251 e. The molecule has 0 heterocycles. The molecule has 1 aromatic carbocycles. The molecular weight excluding hydrogens is 225 g/mol. The molecule has 1 aromatic rings. The van der Waals surface area contributed by atoms with Gasteiger partial charge in [0.25, 0.3) is 5.91 Å². The van der Waals surface area contributed by atoms with Gasteiger partial charge in [-0.2, -0.15) is 0 Å². The highest BCUT2D eigenvalue weighted by atomic mass is 79.9. The molecular formula is C8H7BrFNO. The van der Waals surface area contributed by atoms with Crippen LogP contribution in [0.15, 0.2) is 16.6 Å². The second kappa shape index (κ2) is 3.23. The van der Waals surface area contributed by atoms with Crippen molar-refractivity contribution in [2.24, 2.45) is 5.73 Å². The Hall–Kier alpha value is -0.900. The lowest BCUT2D eigenvalue weighted by molar-refractivity contribution is 0.0996. The van der Waals surface area contributed by atoms with Crippen LogP contribution in [0.5, 0.6) is 0 Å². The minimum absolute atomic E-state index is 0.0903. The van der Waals surface area contributed by atoms with Gasteiger partial charge < -0.3 is 5.73 Å². The number of primary amides is 1. The molecule has 0 aliphatic heterocycles. The molecule has 0 fully saturated rings. The molecule has 1 amide bonds. The third-order valence-electron chi connectivity index (χ3n) is 1.51. The molecule has 0 radical (unpaired) electrons. The summed E-state index contributed by atoms with van der Waals surface area (Å²) < 4.78 is 13.6. The molecule has 0 aliphatic rings. The van der Waals surface area contributed by atoms with Crippen LogP contribution >= 0.6 is 15.9 Å². The van der Waals surface area contributed by atoms with E-state index in [4.69, 9.17) is 5.73 Å². The molecule has 12 heavy (non-hydrogen) atoms. The monoisotopic (exact) mass is 231 g/mol. The third kappa shape index (κ3) is 1.64. The highest BCUT2D eigenvalue weighted by Gasteiger charge is 2.09. The maximum Gasteiger partial charge on any atom is 0.251 e. The summed E-state index contributed by atoms with van der Waals surface area (Å²) in [5.41, 5.74) is 5.58. The highest BCUT2D eigenvalue weighted by Crippen LogP contribution is 2.19. The van der Waals surface area contributed by atoms with Gasteiger partial charge in [0.2, 0.25) is 0 Å². The first-order chi connectivity index (χ1) is 5.52. The Labute approximate surface area is 77.7 Å². The van der Waals surface area contributed by atoms with E-state index in [0.29, 0.717) is 4.47 Å². The zero-order chi connectivity index (χ0) is 9.30. The van der Waals surface area contributed by atoms with Crippen LogP contribution in [0, 0.1) is 12.7 Å². The minimum atomic E-state index is -0.756. The normalized spacial score (nSPS) is 9.92. The topological polar surface area (TPSA) is 43.1 Å². The molecule has 0 aliphatic carbocycles. The standard InChI is InChI=1S/C8H7BrFNO/c1-4-2-7(10)5(8(11)12)3-6(4)9/h2-3H,1H3,(H2,11,12). The largest absolute Gasteiger partial charge is 0.366 e. The fourth-order valence-corrected chi connectivity index (χ4v) is 1.18. The Morgan fingerprint density at radius 1 is 1.58 bits per heavy atom. The van der Waals surface area contributed by atoms with Crippen molar-refractivity contribution in [2.75, 3.05) is 0 Å². The summed E-state index contributed by atoms with van der Waals surface area (Å²) in [6, 6.07) is 2.65. The van der Waals surface area contributed by atoms with Gasteiger partial charge in [0.05, 0.1) is 5.56 Å². The molecule has 0 bridgehead atoms. The number of nitrogens with two attached hydrogens (primary N) is 1. The lowest BCUT2D eigenvalue weighted by atomic mass is 10.1. The molecule has 1 rings (SSSR count). The second-order valence-corrected chi connectivity index (χ2v) is 3.30. The molecule has 0 atom stereocenters. The van der Waals surface area contributed by atoms with Crippen molar-refractivity contribution in [3.05, 3.63) is 33.5 Å². The Bertz CT molecular complexity index is 338. The van der Waals surface area contributed by atoms with Crippen LogP contribution in [-0.4, -0.2) is 5.91 Å². The van der Waals surface area contributed by atoms with Crippen molar-refractivity contribution in [1.82, 2.24) is 0 Å². The molecule has 0 spiro atoms. The Morgan fingerprint density at radius 2 is 2.17 bits per heavy atom. The molecule has 0 saturated heterocycles. The predicted molar refractivity (Wildman–Crippen MR) is 47.4 cm³/mol. The van der Waals surface area contributed by atoms with Crippen molar-refractivity contribution in [3.63, 3.8) is 0 Å². The number of aryl methyl sites for hydroxylation is 1. The Morgan fingerprint density at radius 3 is 2.67 bits per heavy atom. The van der Waals surface area contributed by atoms with Crippen LogP contribution < -0.4 is 5.73 Å². The molecule has 4 heteroatoms. The van der Waals surface area contributed by atoms with E-state index in [1.54, 1.807) is 6.92 Å². The van der Waals surface area contributed by atoms with Crippen molar-refractivity contribution in [2.45, 2.75) is 6.92 Å². The maximum atomic E-state index is 13.0. The molecule has 0 unspecified atom stereocenters. The maximum absolute atomic E-state index is 13.0. The zero-order valence-corrected chi connectivity index (χ0v) is 7.98. The summed E-state index contributed by atoms with van der Waals surface area (Å²) in [5, 5.41) is 0. The number of amides is 1. The number of carbonyl (C=O) groups is 1. The molecule has 2 N–H and O–H groups in total. The van der Waals surface area contributed by atoms with E-state index >= 15 is 0 Å². The summed E-state index contributed by atoms with van der Waals surface area (Å²) in [4.78, 5) is 10.6. The SMILES string of the molecule is Cc1cc(F)c(C(N)=O)cc1Br. The number of hydrogen-bond acceptors (Lipinski definition) is 1. The van der Waals surface area contributed by atoms with Crippen molar-refractivity contribution in [1.29, 1.82) is 0 Å². The Kier molecular flexibility index (Phi) is 2.47. The average molecular weight is 232 g/mol. The van der Waals surface area contributed by atoms with Crippen LogP contribution in [0.2, 0.25) is 0 Å². The fourth-order valence-electron chi connectivity index (χ4n) is 0.835. The summed E-state index contributed by atoms with van der Waals surface area (Å²) in [6.07, 6.45) is 0. The van der Waals surface area contributed by atoms with Gasteiger partial charge in [-0.25, -0.2) is 4.39 Å². The van der Waals surface area contributed by atoms with Gasteiger partial charge in [-0.1, -0.05) is 15.9 Å². The van der Waals surface area contributed by atoms with Gasteiger partial charge >= 0.3 is 0 Å². The molecule has 0 saturated carbocycles. The minimum Gasteiger partial charge on any atom is -0.366 e. The van der Waals surface area contributed by atoms with Gasteiger partial charge in [0, 0.05) is 4.47 Å². The summed E-state index contributed by atoms with van der Waals surface area (Å²) in [6.45, 7) is 1.73. The molecule has 64 valence electrons. The van der Waals surface area contributed by atoms with E-state index in [0.717, 1.165) is 5.56 Å². The van der Waals surface area contributed by atoms with Crippen LogP contribution in [0.25, 0.3) is 0 Å². The number of hydrogen-bond donors (Lipinski definition) is 1. The average Bonchev–Trinajstić information content (AvgIpc) is 1.96. The van der Waals surface area contributed by atoms with Gasteiger partial charge in [0.1, 0.15) is 5.82 Å². The van der Waals surface area contributed by atoms with Gasteiger partial charge in [-0.3, -0.25) is 4.79 Å². The number of carbonyl (C=O) groups excluding carboxylic acids is 1. The summed E-state index contributed by atoms with van der Waals surface area (Å²) in [7, 11) is 0. The third-order valence-corrected chi connectivity index (χ3v) is 2.37. The van der Waals surface area contributed by atoms with Gasteiger partial charge in [-0.15, -0.1) is 0 Å². The number of halogens is 2. The van der Waals surface area contributed by atoms with E-state index in [-0.39, 0.29) is 5.56 Å². The van der Waals surface area contributed by atoms with Crippen molar-refractivity contribution < 1.29 is 9.18 Å². The molecule has 2 nitrogen and oxygen atoms in total. The summed E-state index contributed by atoms with van der Waals surface area (Å²) >= 11 is 3.17. The quantitative estimate of drug-likeness (QED) is 0.790.